The van der Waals surface area contributed by atoms with Crippen molar-refractivity contribution in [2.75, 3.05) is 0 Å². The average molecular weight is 228 g/mol. The van der Waals surface area contributed by atoms with Crippen LogP contribution in [0.3, 0.4) is 0 Å². The molecule has 0 atom stereocenters. The van der Waals surface area contributed by atoms with Gasteiger partial charge in [-0.05, 0) is 30.6 Å². The van der Waals surface area contributed by atoms with Crippen LogP contribution in [0.15, 0.2) is 53.8 Å². The number of carbonyl (C=O) groups excluding carboxylic acids is 1. The molecule has 0 N–H and O–H groups in total. The lowest BCUT2D eigenvalue weighted by atomic mass is 10.0. The molecule has 2 heteroatoms. The molecule has 0 amide bonds. The van der Waals surface area contributed by atoms with Crippen molar-refractivity contribution in [1.82, 2.24) is 0 Å². The molecule has 0 saturated heterocycles. The second-order valence-electron chi connectivity index (χ2n) is 4.07. The molecule has 88 valence electrons. The van der Waals surface area contributed by atoms with Gasteiger partial charge in [-0.25, -0.2) is 0 Å². The third kappa shape index (κ3) is 3.06. The van der Waals surface area contributed by atoms with Crippen molar-refractivity contribution in [2.45, 2.75) is 26.4 Å². The van der Waals surface area contributed by atoms with Crippen LogP contribution in [-0.4, -0.2) is 5.78 Å². The average Bonchev–Trinajstić information content (AvgIpc) is 2.38. The molecule has 0 spiro atoms. The zero-order valence-electron chi connectivity index (χ0n) is 9.98. The Hall–Kier alpha value is -1.83. The van der Waals surface area contributed by atoms with Crippen molar-refractivity contribution >= 4 is 5.78 Å². The summed E-state index contributed by atoms with van der Waals surface area (Å²) in [6, 6.07) is 9.86. The van der Waals surface area contributed by atoms with Gasteiger partial charge in [0, 0.05) is 0 Å². The Labute approximate surface area is 102 Å². The molecule has 0 saturated carbocycles. The van der Waals surface area contributed by atoms with Crippen LogP contribution in [0, 0.1) is 0 Å². The van der Waals surface area contributed by atoms with Gasteiger partial charge in [0.15, 0.2) is 5.76 Å². The highest BCUT2D eigenvalue weighted by molar-refractivity contribution is 6.03. The van der Waals surface area contributed by atoms with E-state index in [9.17, 15) is 4.79 Å². The second-order valence-corrected chi connectivity index (χ2v) is 4.07. The molecule has 0 heterocycles. The minimum Gasteiger partial charge on any atom is -0.485 e. The number of hydrogen-bond acceptors (Lipinski definition) is 2. The van der Waals surface area contributed by atoms with Gasteiger partial charge in [0.1, 0.15) is 6.61 Å². The van der Waals surface area contributed by atoms with Crippen LogP contribution in [0.25, 0.3) is 0 Å². The smallest absolute Gasteiger partial charge is 0.220 e. The highest BCUT2D eigenvalue weighted by Gasteiger charge is 2.14. The van der Waals surface area contributed by atoms with E-state index in [1.165, 1.54) is 5.57 Å². The topological polar surface area (TPSA) is 26.3 Å². The molecule has 0 radical (unpaired) electrons. The fourth-order valence-corrected chi connectivity index (χ4v) is 1.75. The summed E-state index contributed by atoms with van der Waals surface area (Å²) in [6.07, 6.45) is 5.32. The molecule has 2 nitrogen and oxygen atoms in total. The first-order valence-corrected chi connectivity index (χ1v) is 5.90. The van der Waals surface area contributed by atoms with Crippen molar-refractivity contribution in [3.63, 3.8) is 0 Å². The number of carbonyl (C=O) groups is 1. The van der Waals surface area contributed by atoms with Crippen molar-refractivity contribution in [2.24, 2.45) is 0 Å². The molecule has 0 unspecified atom stereocenters. The normalized spacial score (nSPS) is 15.2. The van der Waals surface area contributed by atoms with E-state index in [-0.39, 0.29) is 5.78 Å². The van der Waals surface area contributed by atoms with E-state index in [0.717, 1.165) is 18.4 Å². The van der Waals surface area contributed by atoms with Crippen LogP contribution < -0.4 is 0 Å². The summed E-state index contributed by atoms with van der Waals surface area (Å²) in [5.74, 6) is 0.468. The Morgan fingerprint density at radius 3 is 2.65 bits per heavy atom. The number of ketones is 1. The van der Waals surface area contributed by atoms with E-state index in [1.807, 2.05) is 36.4 Å². The molecule has 1 aliphatic rings. The highest BCUT2D eigenvalue weighted by Crippen LogP contribution is 2.18. The van der Waals surface area contributed by atoms with Gasteiger partial charge in [-0.3, -0.25) is 4.79 Å². The monoisotopic (exact) mass is 228 g/mol. The number of rotatable bonds is 4. The van der Waals surface area contributed by atoms with E-state index in [2.05, 4.69) is 6.92 Å². The number of benzene rings is 1. The summed E-state index contributed by atoms with van der Waals surface area (Å²) in [7, 11) is 0. The quantitative estimate of drug-likeness (QED) is 0.789. The Morgan fingerprint density at radius 1 is 1.24 bits per heavy atom. The summed E-state index contributed by atoms with van der Waals surface area (Å²) in [5.41, 5.74) is 2.24. The van der Waals surface area contributed by atoms with Crippen LogP contribution in [-0.2, 0) is 16.1 Å². The fraction of sp³-hybridized carbons (Fsp3) is 0.267. The summed E-state index contributed by atoms with van der Waals surface area (Å²) >= 11 is 0. The first kappa shape index (κ1) is 11.6. The molecule has 17 heavy (non-hydrogen) atoms. The largest absolute Gasteiger partial charge is 0.485 e. The van der Waals surface area contributed by atoms with Crippen molar-refractivity contribution in [1.29, 1.82) is 0 Å². The lowest BCUT2D eigenvalue weighted by Crippen LogP contribution is -2.08. The van der Waals surface area contributed by atoms with E-state index in [1.54, 1.807) is 6.08 Å². The van der Waals surface area contributed by atoms with Crippen molar-refractivity contribution < 1.29 is 9.53 Å². The lowest BCUT2D eigenvalue weighted by Gasteiger charge is -2.13. The molecular formula is C15H16O2. The Bertz CT molecular complexity index is 455. The zero-order valence-corrected chi connectivity index (χ0v) is 9.98. The maximum Gasteiger partial charge on any atom is 0.220 e. The van der Waals surface area contributed by atoms with Crippen molar-refractivity contribution in [3.05, 3.63) is 59.4 Å². The van der Waals surface area contributed by atoms with Gasteiger partial charge in [0.2, 0.25) is 5.78 Å². The van der Waals surface area contributed by atoms with Crippen LogP contribution in [0.5, 0.6) is 0 Å². The van der Waals surface area contributed by atoms with Gasteiger partial charge in [0.25, 0.3) is 0 Å². The maximum absolute atomic E-state index is 11.7. The van der Waals surface area contributed by atoms with Gasteiger partial charge < -0.3 is 4.74 Å². The van der Waals surface area contributed by atoms with Crippen molar-refractivity contribution in [3.8, 4) is 0 Å². The summed E-state index contributed by atoms with van der Waals surface area (Å²) in [4.78, 5) is 11.7. The van der Waals surface area contributed by atoms with Gasteiger partial charge in [-0.15, -0.1) is 0 Å². The van der Waals surface area contributed by atoms with Gasteiger partial charge >= 0.3 is 0 Å². The predicted octanol–water partition coefficient (Wildman–Crippen LogP) is 3.40. The molecule has 0 aliphatic heterocycles. The first-order valence-electron chi connectivity index (χ1n) is 5.90. The third-order valence-corrected chi connectivity index (χ3v) is 2.82. The first-order chi connectivity index (χ1) is 8.29. The number of allylic oxidation sites excluding steroid dienone is 3. The molecule has 1 aliphatic carbocycles. The van der Waals surface area contributed by atoms with Crippen LogP contribution >= 0.6 is 0 Å². The minimum atomic E-state index is -0.0102. The van der Waals surface area contributed by atoms with E-state index in [4.69, 9.17) is 4.74 Å². The van der Waals surface area contributed by atoms with E-state index < -0.39 is 0 Å². The van der Waals surface area contributed by atoms with Crippen LogP contribution in [0.2, 0.25) is 0 Å². The fourth-order valence-electron chi connectivity index (χ4n) is 1.75. The predicted molar refractivity (Wildman–Crippen MR) is 67.3 cm³/mol. The Kier molecular flexibility index (Phi) is 3.76. The molecule has 0 fully saturated rings. The summed E-state index contributed by atoms with van der Waals surface area (Å²) < 4.78 is 5.54. The molecular weight excluding hydrogens is 212 g/mol. The minimum absolute atomic E-state index is 0.0102. The number of ether oxygens (including phenoxy) is 1. The van der Waals surface area contributed by atoms with Crippen LogP contribution in [0.4, 0.5) is 0 Å². The third-order valence-electron chi connectivity index (χ3n) is 2.82. The molecule has 1 aromatic carbocycles. The molecule has 0 aromatic heterocycles. The molecule has 0 bridgehead atoms. The standard InChI is InChI=1S/C15H16O2/c1-2-12-8-9-15(14(16)10-12)17-11-13-6-4-3-5-7-13/h3-7,9-10H,2,8,11H2,1H3. The van der Waals surface area contributed by atoms with Gasteiger partial charge in [0.05, 0.1) is 0 Å². The van der Waals surface area contributed by atoms with Crippen LogP contribution in [0.1, 0.15) is 25.3 Å². The number of hydrogen-bond donors (Lipinski definition) is 0. The van der Waals surface area contributed by atoms with Gasteiger partial charge in [-0.1, -0.05) is 42.8 Å². The lowest BCUT2D eigenvalue weighted by molar-refractivity contribution is -0.114. The maximum atomic E-state index is 11.7. The summed E-state index contributed by atoms with van der Waals surface area (Å²) in [5, 5.41) is 0. The SMILES string of the molecule is CCC1=CC(=O)C(OCc2ccccc2)=CC1. The molecule has 1 aromatic rings. The molecule has 2 rings (SSSR count). The van der Waals surface area contributed by atoms with E-state index >= 15 is 0 Å². The highest BCUT2D eigenvalue weighted by atomic mass is 16.5. The van der Waals surface area contributed by atoms with Gasteiger partial charge in [-0.2, -0.15) is 0 Å². The Balaban J connectivity index is 1.93. The summed E-state index contributed by atoms with van der Waals surface area (Å²) in [6.45, 7) is 2.51. The second kappa shape index (κ2) is 5.48. The Morgan fingerprint density at radius 2 is 2.00 bits per heavy atom. The van der Waals surface area contributed by atoms with E-state index in [0.29, 0.717) is 12.4 Å². The zero-order chi connectivity index (χ0) is 12.1.